The number of aromatic nitrogens is 1. The van der Waals surface area contributed by atoms with Gasteiger partial charge in [-0.05, 0) is 70.8 Å². The first-order chi connectivity index (χ1) is 15.8. The highest BCUT2D eigenvalue weighted by atomic mass is 16.3. The zero-order chi connectivity index (χ0) is 23.1. The molecule has 1 aliphatic carbocycles. The number of hydrogen-bond acceptors (Lipinski definition) is 2. The van der Waals surface area contributed by atoms with Crippen molar-refractivity contribution >= 4 is 21.9 Å². The van der Waals surface area contributed by atoms with Crippen molar-refractivity contribution in [3.05, 3.63) is 88.6 Å². The predicted octanol–water partition coefficient (Wildman–Crippen LogP) is 8.69. The highest BCUT2D eigenvalue weighted by Crippen LogP contribution is 2.53. The topological polar surface area (TPSA) is 26.0 Å². The highest BCUT2D eigenvalue weighted by Gasteiger charge is 2.38. The number of fused-ring (bicyclic) bond motifs is 7. The van der Waals surface area contributed by atoms with E-state index >= 15 is 0 Å². The molecule has 6 rings (SSSR count). The Balaban J connectivity index is 1.70. The molecular formula is C31H29NO. The van der Waals surface area contributed by atoms with E-state index in [2.05, 4.69) is 96.1 Å². The first-order valence-corrected chi connectivity index (χ1v) is 11.8. The maximum atomic E-state index is 6.63. The third-order valence-corrected chi connectivity index (χ3v) is 7.55. The van der Waals surface area contributed by atoms with E-state index in [1.54, 1.807) is 0 Å². The normalized spacial score (nSPS) is 14.3. The molecule has 0 bridgehead atoms. The number of hydrogen-bond donors (Lipinski definition) is 0. The van der Waals surface area contributed by atoms with Crippen LogP contribution in [0.25, 0.3) is 44.3 Å². The highest BCUT2D eigenvalue weighted by molar-refractivity contribution is 6.14. The van der Waals surface area contributed by atoms with Gasteiger partial charge in [-0.1, -0.05) is 70.2 Å². The summed E-state index contributed by atoms with van der Waals surface area (Å²) in [6.07, 6.45) is 2.00. The Morgan fingerprint density at radius 2 is 1.67 bits per heavy atom. The summed E-state index contributed by atoms with van der Waals surface area (Å²) < 4.78 is 6.63. The zero-order valence-corrected chi connectivity index (χ0v) is 20.2. The van der Waals surface area contributed by atoms with Gasteiger partial charge in [-0.3, -0.25) is 4.98 Å². The summed E-state index contributed by atoms with van der Waals surface area (Å²) in [6.45, 7) is 13.4. The molecule has 3 aromatic carbocycles. The Morgan fingerprint density at radius 3 is 2.45 bits per heavy atom. The molecule has 0 saturated heterocycles. The molecule has 0 radical (unpaired) electrons. The number of rotatable bonds is 2. The summed E-state index contributed by atoms with van der Waals surface area (Å²) >= 11 is 0. The summed E-state index contributed by atoms with van der Waals surface area (Å²) in [5.41, 5.74) is 13.1. The number of nitrogens with zero attached hydrogens (tertiary/aromatic N) is 1. The van der Waals surface area contributed by atoms with Gasteiger partial charge >= 0.3 is 0 Å². The third kappa shape index (κ3) is 2.70. The van der Waals surface area contributed by atoms with Gasteiger partial charge in [-0.25, -0.2) is 0 Å². The summed E-state index contributed by atoms with van der Waals surface area (Å²) in [5.74, 6) is 0.449. The second-order valence-electron chi connectivity index (χ2n) is 10.3. The van der Waals surface area contributed by atoms with Crippen LogP contribution in [0, 0.1) is 13.8 Å². The molecule has 0 aliphatic heterocycles. The zero-order valence-electron chi connectivity index (χ0n) is 20.2. The molecule has 0 unspecified atom stereocenters. The first kappa shape index (κ1) is 20.2. The Kier molecular flexibility index (Phi) is 4.17. The fraction of sp³-hybridized carbons (Fsp3) is 0.258. The third-order valence-electron chi connectivity index (χ3n) is 7.55. The van der Waals surface area contributed by atoms with Gasteiger partial charge < -0.3 is 4.42 Å². The van der Waals surface area contributed by atoms with Crippen LogP contribution in [0.1, 0.15) is 61.4 Å². The van der Waals surface area contributed by atoms with Gasteiger partial charge in [0.15, 0.2) is 0 Å². The van der Waals surface area contributed by atoms with Crippen LogP contribution in [0.3, 0.4) is 0 Å². The van der Waals surface area contributed by atoms with Crippen molar-refractivity contribution in [3.8, 4) is 22.4 Å². The Morgan fingerprint density at radius 1 is 0.879 bits per heavy atom. The van der Waals surface area contributed by atoms with E-state index in [-0.39, 0.29) is 5.41 Å². The lowest BCUT2D eigenvalue weighted by molar-refractivity contribution is 0.657. The van der Waals surface area contributed by atoms with Gasteiger partial charge in [-0.15, -0.1) is 0 Å². The standard InChI is InChI=1S/C31H29NO/c1-17(2)23-15-25(32-16-19(23)4)27-18(3)11-12-22-28-26(33-30(22)27)14-13-21-20-9-7-8-10-24(20)31(5,6)29(21)28/h7-17H,1-6H3. The minimum absolute atomic E-state index is 0.0831. The number of benzene rings is 3. The molecule has 2 heteroatoms. The predicted molar refractivity (Wildman–Crippen MR) is 138 cm³/mol. The van der Waals surface area contributed by atoms with Gasteiger partial charge in [-0.2, -0.15) is 0 Å². The maximum Gasteiger partial charge on any atom is 0.145 e. The van der Waals surface area contributed by atoms with Crippen LogP contribution in [0.15, 0.2) is 65.2 Å². The fourth-order valence-electron chi connectivity index (χ4n) is 5.92. The minimum atomic E-state index is -0.0831. The van der Waals surface area contributed by atoms with E-state index in [9.17, 15) is 0 Å². The molecule has 0 N–H and O–H groups in total. The van der Waals surface area contributed by atoms with Crippen LogP contribution in [0.2, 0.25) is 0 Å². The summed E-state index contributed by atoms with van der Waals surface area (Å²) in [6, 6.07) is 19.9. The summed E-state index contributed by atoms with van der Waals surface area (Å²) in [7, 11) is 0. The second kappa shape index (κ2) is 6.81. The molecule has 0 atom stereocenters. The Hall–Kier alpha value is -3.39. The van der Waals surface area contributed by atoms with E-state index in [4.69, 9.17) is 9.40 Å². The number of furan rings is 1. The van der Waals surface area contributed by atoms with Gasteiger partial charge in [0.2, 0.25) is 0 Å². The Labute approximate surface area is 195 Å². The second-order valence-corrected chi connectivity index (χ2v) is 10.3. The van der Waals surface area contributed by atoms with E-state index in [1.165, 1.54) is 49.7 Å². The van der Waals surface area contributed by atoms with Crippen molar-refractivity contribution in [1.29, 1.82) is 0 Å². The van der Waals surface area contributed by atoms with Crippen molar-refractivity contribution in [3.63, 3.8) is 0 Å². The van der Waals surface area contributed by atoms with Crippen LogP contribution in [-0.4, -0.2) is 4.98 Å². The van der Waals surface area contributed by atoms with Crippen molar-refractivity contribution < 1.29 is 4.42 Å². The van der Waals surface area contributed by atoms with Gasteiger partial charge in [0.1, 0.15) is 11.2 Å². The molecule has 5 aromatic rings. The van der Waals surface area contributed by atoms with Crippen LogP contribution in [-0.2, 0) is 5.41 Å². The molecule has 2 heterocycles. The summed E-state index contributed by atoms with van der Waals surface area (Å²) in [5, 5.41) is 2.41. The fourth-order valence-corrected chi connectivity index (χ4v) is 5.92. The lowest BCUT2D eigenvalue weighted by atomic mass is 9.80. The van der Waals surface area contributed by atoms with E-state index in [0.29, 0.717) is 5.92 Å². The van der Waals surface area contributed by atoms with Crippen molar-refractivity contribution in [1.82, 2.24) is 4.98 Å². The summed E-state index contributed by atoms with van der Waals surface area (Å²) in [4.78, 5) is 4.85. The van der Waals surface area contributed by atoms with Gasteiger partial charge in [0.05, 0.1) is 5.69 Å². The van der Waals surface area contributed by atoms with E-state index in [1.807, 2.05) is 6.20 Å². The van der Waals surface area contributed by atoms with Crippen LogP contribution < -0.4 is 0 Å². The molecule has 164 valence electrons. The smallest absolute Gasteiger partial charge is 0.145 e. The Bertz CT molecular complexity index is 1580. The minimum Gasteiger partial charge on any atom is -0.455 e. The molecule has 2 aromatic heterocycles. The van der Waals surface area contributed by atoms with Crippen LogP contribution in [0.5, 0.6) is 0 Å². The average molecular weight is 432 g/mol. The molecule has 1 aliphatic rings. The van der Waals surface area contributed by atoms with Crippen molar-refractivity contribution in [2.24, 2.45) is 0 Å². The number of pyridine rings is 1. The molecule has 0 amide bonds. The maximum absolute atomic E-state index is 6.63. The van der Waals surface area contributed by atoms with Gasteiger partial charge in [0.25, 0.3) is 0 Å². The lowest BCUT2D eigenvalue weighted by Crippen LogP contribution is -2.15. The van der Waals surface area contributed by atoms with Gasteiger partial charge in [0, 0.05) is 27.9 Å². The molecule has 0 saturated carbocycles. The molecule has 0 fully saturated rings. The van der Waals surface area contributed by atoms with Crippen LogP contribution >= 0.6 is 0 Å². The average Bonchev–Trinajstić information content (AvgIpc) is 3.27. The van der Waals surface area contributed by atoms with Crippen LogP contribution in [0.4, 0.5) is 0 Å². The van der Waals surface area contributed by atoms with E-state index < -0.39 is 0 Å². The number of aryl methyl sites for hydroxylation is 2. The SMILES string of the molecule is Cc1cnc(-c2c(C)ccc3c2oc2ccc4c(c23)C(C)(C)c2ccccc2-4)cc1C(C)C. The van der Waals surface area contributed by atoms with Crippen molar-refractivity contribution in [2.75, 3.05) is 0 Å². The molecule has 0 spiro atoms. The van der Waals surface area contributed by atoms with E-state index in [0.717, 1.165) is 22.4 Å². The van der Waals surface area contributed by atoms with Crippen molar-refractivity contribution in [2.45, 2.75) is 52.9 Å². The quantitative estimate of drug-likeness (QED) is 0.279. The molecule has 2 nitrogen and oxygen atoms in total. The molecule has 33 heavy (non-hydrogen) atoms. The lowest BCUT2D eigenvalue weighted by Gasteiger charge is -2.22. The monoisotopic (exact) mass is 431 g/mol. The first-order valence-electron chi connectivity index (χ1n) is 11.8. The largest absolute Gasteiger partial charge is 0.455 e. The molecular weight excluding hydrogens is 402 g/mol.